The maximum Gasteiger partial charge on any atom is 0.142 e. The fourth-order valence-corrected chi connectivity index (χ4v) is 3.22. The van der Waals surface area contributed by atoms with Crippen molar-refractivity contribution in [2.45, 2.75) is 32.0 Å². The smallest absolute Gasteiger partial charge is 0.142 e. The Labute approximate surface area is 146 Å². The van der Waals surface area contributed by atoms with Crippen LogP contribution in [-0.2, 0) is 13.0 Å². The van der Waals surface area contributed by atoms with E-state index < -0.39 is 6.10 Å². The minimum absolute atomic E-state index is 0.00907. The first-order valence-electron chi connectivity index (χ1n) is 8.03. The molecule has 4 nitrogen and oxygen atoms in total. The largest absolute Gasteiger partial charge is 0.391 e. The summed E-state index contributed by atoms with van der Waals surface area (Å²) in [5.41, 5.74) is 3.01. The van der Waals surface area contributed by atoms with Gasteiger partial charge in [-0.1, -0.05) is 36.4 Å². The second-order valence-corrected chi connectivity index (χ2v) is 6.64. The quantitative estimate of drug-likeness (QED) is 0.693. The van der Waals surface area contributed by atoms with E-state index in [2.05, 4.69) is 15.3 Å². The van der Waals surface area contributed by atoms with Gasteiger partial charge in [0, 0.05) is 24.2 Å². The van der Waals surface area contributed by atoms with Crippen molar-refractivity contribution in [2.75, 3.05) is 0 Å². The molecule has 0 fully saturated rings. The zero-order valence-electron chi connectivity index (χ0n) is 13.6. The number of nitrogens with one attached hydrogen (secondary N) is 1. The summed E-state index contributed by atoms with van der Waals surface area (Å²) in [5, 5.41) is 16.7. The lowest BCUT2D eigenvalue weighted by Crippen LogP contribution is -2.38. The Morgan fingerprint density at radius 3 is 2.67 bits per heavy atom. The number of benzene rings is 1. The van der Waals surface area contributed by atoms with Crippen LogP contribution < -0.4 is 5.32 Å². The van der Waals surface area contributed by atoms with Gasteiger partial charge in [0.15, 0.2) is 0 Å². The summed E-state index contributed by atoms with van der Waals surface area (Å²) in [6.07, 6.45) is 1.99. The summed E-state index contributed by atoms with van der Waals surface area (Å²) in [6.45, 7) is 2.63. The van der Waals surface area contributed by atoms with Gasteiger partial charge in [-0.25, -0.2) is 4.98 Å². The molecule has 0 aliphatic rings. The van der Waals surface area contributed by atoms with E-state index in [0.29, 0.717) is 13.0 Å². The lowest BCUT2D eigenvalue weighted by molar-refractivity contribution is 0.134. The van der Waals surface area contributed by atoms with Crippen LogP contribution >= 0.6 is 11.3 Å². The second kappa shape index (κ2) is 8.15. The van der Waals surface area contributed by atoms with Crippen molar-refractivity contribution < 1.29 is 5.11 Å². The molecule has 2 aromatic heterocycles. The molecule has 24 heavy (non-hydrogen) atoms. The van der Waals surface area contributed by atoms with Crippen molar-refractivity contribution in [1.29, 1.82) is 0 Å². The lowest BCUT2D eigenvalue weighted by Gasteiger charge is -2.20. The molecule has 124 valence electrons. The minimum atomic E-state index is -0.429. The molecular weight excluding hydrogens is 318 g/mol. The molecule has 5 heteroatoms. The average molecular weight is 339 g/mol. The molecule has 2 N–H and O–H groups in total. The molecule has 0 amide bonds. The van der Waals surface area contributed by atoms with Crippen molar-refractivity contribution in [2.24, 2.45) is 0 Å². The Morgan fingerprint density at radius 2 is 1.92 bits per heavy atom. The minimum Gasteiger partial charge on any atom is -0.391 e. The number of aliphatic hydroxyl groups excluding tert-OH is 1. The first-order chi connectivity index (χ1) is 11.7. The third-order valence-corrected chi connectivity index (χ3v) is 4.82. The number of pyridine rings is 1. The van der Waals surface area contributed by atoms with Crippen molar-refractivity contribution in [3.05, 3.63) is 71.4 Å². The molecule has 0 spiro atoms. The van der Waals surface area contributed by atoms with Crippen LogP contribution in [0.3, 0.4) is 0 Å². The van der Waals surface area contributed by atoms with Crippen LogP contribution in [0.1, 0.15) is 18.2 Å². The molecule has 0 saturated carbocycles. The highest BCUT2D eigenvalue weighted by molar-refractivity contribution is 7.13. The summed E-state index contributed by atoms with van der Waals surface area (Å²) < 4.78 is 0. The Morgan fingerprint density at radius 1 is 1.12 bits per heavy atom. The molecule has 2 unspecified atom stereocenters. The van der Waals surface area contributed by atoms with Gasteiger partial charge < -0.3 is 10.4 Å². The third-order valence-electron chi connectivity index (χ3n) is 3.91. The fraction of sp³-hybridized carbons (Fsp3) is 0.263. The molecule has 0 aliphatic carbocycles. The number of hydrogen-bond donors (Lipinski definition) is 2. The number of nitrogens with zero attached hydrogens (tertiary/aromatic N) is 2. The third kappa shape index (κ3) is 4.47. The van der Waals surface area contributed by atoms with E-state index in [-0.39, 0.29) is 6.04 Å². The van der Waals surface area contributed by atoms with Gasteiger partial charge in [0.1, 0.15) is 5.01 Å². The highest BCUT2D eigenvalue weighted by Gasteiger charge is 2.15. The first-order valence-corrected chi connectivity index (χ1v) is 8.91. The summed E-state index contributed by atoms with van der Waals surface area (Å²) in [4.78, 5) is 8.93. The van der Waals surface area contributed by atoms with Crippen LogP contribution in [0.5, 0.6) is 0 Å². The van der Waals surface area contributed by atoms with E-state index >= 15 is 0 Å². The number of rotatable bonds is 7. The van der Waals surface area contributed by atoms with Crippen molar-refractivity contribution in [1.82, 2.24) is 15.3 Å². The van der Waals surface area contributed by atoms with Crippen LogP contribution in [0, 0.1) is 0 Å². The van der Waals surface area contributed by atoms with Crippen molar-refractivity contribution >= 4 is 11.3 Å². The van der Waals surface area contributed by atoms with E-state index in [0.717, 1.165) is 22.0 Å². The number of hydrogen-bond acceptors (Lipinski definition) is 5. The normalized spacial score (nSPS) is 13.6. The number of aliphatic hydroxyl groups is 1. The Balaban J connectivity index is 1.53. The van der Waals surface area contributed by atoms with E-state index in [9.17, 15) is 5.11 Å². The van der Waals surface area contributed by atoms with Crippen molar-refractivity contribution in [3.8, 4) is 10.7 Å². The van der Waals surface area contributed by atoms with Gasteiger partial charge in [0.25, 0.3) is 0 Å². The van der Waals surface area contributed by atoms with Gasteiger partial charge in [0.2, 0.25) is 0 Å². The Hall–Kier alpha value is -2.08. The molecule has 0 radical (unpaired) electrons. The molecule has 0 saturated heterocycles. The van der Waals surface area contributed by atoms with Gasteiger partial charge in [-0.2, -0.15) is 0 Å². The van der Waals surface area contributed by atoms with Crippen LogP contribution in [0.25, 0.3) is 10.7 Å². The SMILES string of the molecule is CC(NCc1csc(-c2ccccn2)n1)C(O)Cc1ccccc1. The highest BCUT2D eigenvalue weighted by atomic mass is 32.1. The van der Waals surface area contributed by atoms with Gasteiger partial charge >= 0.3 is 0 Å². The molecule has 0 aliphatic heterocycles. The topological polar surface area (TPSA) is 58.0 Å². The van der Waals surface area contributed by atoms with Gasteiger partial charge in [-0.3, -0.25) is 4.98 Å². The van der Waals surface area contributed by atoms with Crippen molar-refractivity contribution in [3.63, 3.8) is 0 Å². The zero-order chi connectivity index (χ0) is 16.8. The van der Waals surface area contributed by atoms with Crippen LogP contribution in [0.15, 0.2) is 60.1 Å². The van der Waals surface area contributed by atoms with E-state index in [4.69, 9.17) is 0 Å². The summed E-state index contributed by atoms with van der Waals surface area (Å²) in [6, 6.07) is 15.9. The zero-order valence-corrected chi connectivity index (χ0v) is 14.4. The molecule has 0 bridgehead atoms. The molecule has 3 rings (SSSR count). The molecule has 2 atom stereocenters. The Kier molecular flexibility index (Phi) is 5.69. The van der Waals surface area contributed by atoms with E-state index in [1.165, 1.54) is 0 Å². The second-order valence-electron chi connectivity index (χ2n) is 5.79. The predicted octanol–water partition coefficient (Wildman–Crippen LogP) is 3.29. The number of aromatic nitrogens is 2. The number of thiazole rings is 1. The molecule has 3 aromatic rings. The average Bonchev–Trinajstić information content (AvgIpc) is 3.10. The fourth-order valence-electron chi connectivity index (χ4n) is 2.43. The van der Waals surface area contributed by atoms with Crippen LogP contribution in [-0.4, -0.2) is 27.2 Å². The molecule has 1 aromatic carbocycles. The van der Waals surface area contributed by atoms with Gasteiger partial charge in [0.05, 0.1) is 17.5 Å². The summed E-state index contributed by atoms with van der Waals surface area (Å²) in [5.74, 6) is 0. The van der Waals surface area contributed by atoms with E-state index in [1.807, 2.05) is 60.8 Å². The predicted molar refractivity (Wildman–Crippen MR) is 97.8 cm³/mol. The maximum absolute atomic E-state index is 10.3. The first kappa shape index (κ1) is 16.8. The standard InChI is InChI=1S/C19H21N3OS/c1-14(18(23)11-15-7-3-2-4-8-15)21-12-16-13-24-19(22-16)17-9-5-6-10-20-17/h2-10,13-14,18,21,23H,11-12H2,1H3. The summed E-state index contributed by atoms with van der Waals surface area (Å²) in [7, 11) is 0. The Bertz CT molecular complexity index is 746. The highest BCUT2D eigenvalue weighted by Crippen LogP contribution is 2.21. The maximum atomic E-state index is 10.3. The lowest BCUT2D eigenvalue weighted by atomic mass is 10.0. The van der Waals surface area contributed by atoms with Crippen LogP contribution in [0.4, 0.5) is 0 Å². The van der Waals surface area contributed by atoms with Gasteiger partial charge in [-0.05, 0) is 31.0 Å². The molecular formula is C19H21N3OS. The van der Waals surface area contributed by atoms with E-state index in [1.54, 1.807) is 17.5 Å². The molecule has 2 heterocycles. The monoisotopic (exact) mass is 339 g/mol. The van der Waals surface area contributed by atoms with Gasteiger partial charge in [-0.15, -0.1) is 11.3 Å². The van der Waals surface area contributed by atoms with Crippen LogP contribution in [0.2, 0.25) is 0 Å². The summed E-state index contributed by atoms with van der Waals surface area (Å²) >= 11 is 1.59.